The van der Waals surface area contributed by atoms with Gasteiger partial charge in [0, 0.05) is 24.7 Å². The Balaban J connectivity index is 2.93. The van der Waals surface area contributed by atoms with E-state index in [-0.39, 0.29) is 12.5 Å². The Hall–Kier alpha value is -1.79. The Morgan fingerprint density at radius 3 is 2.72 bits per heavy atom. The normalized spacial score (nSPS) is 9.56. The summed E-state index contributed by atoms with van der Waals surface area (Å²) in [4.78, 5) is 13.8. The Morgan fingerprint density at radius 1 is 1.44 bits per heavy atom. The summed E-state index contributed by atoms with van der Waals surface area (Å²) < 4.78 is 0. The average molecular weight is 245 g/mol. The first-order valence-corrected chi connectivity index (χ1v) is 6.06. The van der Waals surface area contributed by atoms with Crippen molar-refractivity contribution in [3.63, 3.8) is 0 Å². The average Bonchev–Trinajstić information content (AvgIpc) is 2.36. The minimum absolute atomic E-state index is 0.0293. The van der Waals surface area contributed by atoms with Crippen LogP contribution in [-0.2, 0) is 0 Å². The number of aliphatic hydroxyl groups excluding tert-OH is 1. The molecule has 0 aliphatic heterocycles. The second kappa shape index (κ2) is 6.83. The summed E-state index contributed by atoms with van der Waals surface area (Å²) in [5.41, 5.74) is 2.48. The number of benzene rings is 1. The standard InChI is InChI=1S/C15H19NO2/c1-4-9-16(3)15(18)14-8-7-13(6-5-10-17)12(2)11-14/h7-8,11,17H,4,9-10H2,1-3H3. The molecule has 1 aromatic carbocycles. The third-order valence-corrected chi connectivity index (χ3v) is 2.68. The molecular weight excluding hydrogens is 226 g/mol. The van der Waals surface area contributed by atoms with Crippen LogP contribution >= 0.6 is 0 Å². The van der Waals surface area contributed by atoms with Crippen molar-refractivity contribution >= 4 is 5.91 Å². The maximum absolute atomic E-state index is 12.1. The van der Waals surface area contributed by atoms with Gasteiger partial charge in [0.05, 0.1) is 0 Å². The first kappa shape index (κ1) is 14.3. The van der Waals surface area contributed by atoms with Gasteiger partial charge in [-0.3, -0.25) is 4.79 Å². The van der Waals surface area contributed by atoms with Crippen LogP contribution in [0.1, 0.15) is 34.8 Å². The van der Waals surface area contributed by atoms with Crippen molar-refractivity contribution in [2.45, 2.75) is 20.3 Å². The van der Waals surface area contributed by atoms with Crippen LogP contribution in [0.4, 0.5) is 0 Å². The van der Waals surface area contributed by atoms with E-state index in [1.165, 1.54) is 0 Å². The number of aliphatic hydroxyl groups is 1. The third kappa shape index (κ3) is 3.61. The second-order valence-electron chi connectivity index (χ2n) is 4.22. The molecule has 1 rings (SSSR count). The summed E-state index contributed by atoms with van der Waals surface area (Å²) in [6.07, 6.45) is 0.946. The molecule has 0 saturated heterocycles. The van der Waals surface area contributed by atoms with E-state index in [0.29, 0.717) is 5.56 Å². The predicted octanol–water partition coefficient (Wildman–Crippen LogP) is 1.82. The number of carbonyl (C=O) groups is 1. The van der Waals surface area contributed by atoms with Crippen LogP contribution in [0.25, 0.3) is 0 Å². The zero-order chi connectivity index (χ0) is 13.5. The molecule has 3 nitrogen and oxygen atoms in total. The smallest absolute Gasteiger partial charge is 0.253 e. The summed E-state index contributed by atoms with van der Waals surface area (Å²) in [6, 6.07) is 5.45. The van der Waals surface area contributed by atoms with Gasteiger partial charge in [-0.2, -0.15) is 0 Å². The molecule has 1 aromatic rings. The summed E-state index contributed by atoms with van der Waals surface area (Å²) in [5, 5.41) is 8.66. The Morgan fingerprint density at radius 2 is 2.17 bits per heavy atom. The fourth-order valence-corrected chi connectivity index (χ4v) is 1.73. The van der Waals surface area contributed by atoms with Crippen LogP contribution < -0.4 is 0 Å². The lowest BCUT2D eigenvalue weighted by Crippen LogP contribution is -2.27. The molecule has 3 heteroatoms. The van der Waals surface area contributed by atoms with Gasteiger partial charge in [0.15, 0.2) is 0 Å². The number of carbonyl (C=O) groups excluding carboxylic acids is 1. The number of hydrogen-bond acceptors (Lipinski definition) is 2. The number of amides is 1. The number of rotatable bonds is 3. The summed E-state index contributed by atoms with van der Waals surface area (Å²) >= 11 is 0. The van der Waals surface area contributed by atoms with Crippen molar-refractivity contribution in [1.29, 1.82) is 0 Å². The largest absolute Gasteiger partial charge is 0.384 e. The van der Waals surface area contributed by atoms with Gasteiger partial charge in [0.1, 0.15) is 6.61 Å². The lowest BCUT2D eigenvalue weighted by atomic mass is 10.0. The molecule has 18 heavy (non-hydrogen) atoms. The predicted molar refractivity (Wildman–Crippen MR) is 72.4 cm³/mol. The zero-order valence-corrected chi connectivity index (χ0v) is 11.2. The van der Waals surface area contributed by atoms with Crippen LogP contribution in [-0.4, -0.2) is 36.1 Å². The van der Waals surface area contributed by atoms with Crippen molar-refractivity contribution in [1.82, 2.24) is 4.90 Å². The maximum Gasteiger partial charge on any atom is 0.253 e. The number of hydrogen-bond donors (Lipinski definition) is 1. The summed E-state index contributed by atoms with van der Waals surface area (Å²) in [7, 11) is 1.81. The first-order chi connectivity index (χ1) is 8.60. The van der Waals surface area contributed by atoms with E-state index in [4.69, 9.17) is 5.11 Å². The molecule has 96 valence electrons. The fraction of sp³-hybridized carbons (Fsp3) is 0.400. The first-order valence-electron chi connectivity index (χ1n) is 6.06. The van der Waals surface area contributed by atoms with Gasteiger partial charge in [0.25, 0.3) is 5.91 Å². The molecule has 0 aliphatic carbocycles. The van der Waals surface area contributed by atoms with Crippen molar-refractivity contribution in [2.75, 3.05) is 20.2 Å². The van der Waals surface area contributed by atoms with Crippen molar-refractivity contribution in [2.24, 2.45) is 0 Å². The van der Waals surface area contributed by atoms with Crippen LogP contribution in [0.2, 0.25) is 0 Å². The minimum atomic E-state index is -0.153. The van der Waals surface area contributed by atoms with Crippen LogP contribution in [0.15, 0.2) is 18.2 Å². The fourth-order valence-electron chi connectivity index (χ4n) is 1.73. The Labute approximate surface area is 108 Å². The molecule has 0 aromatic heterocycles. The molecule has 0 atom stereocenters. The lowest BCUT2D eigenvalue weighted by Gasteiger charge is -2.16. The molecule has 0 bridgehead atoms. The zero-order valence-electron chi connectivity index (χ0n) is 11.2. The number of aryl methyl sites for hydroxylation is 1. The van der Waals surface area contributed by atoms with E-state index in [2.05, 4.69) is 11.8 Å². The van der Waals surface area contributed by atoms with Gasteiger partial charge in [-0.25, -0.2) is 0 Å². The van der Waals surface area contributed by atoms with Gasteiger partial charge in [-0.15, -0.1) is 0 Å². The molecule has 0 saturated carbocycles. The monoisotopic (exact) mass is 245 g/mol. The van der Waals surface area contributed by atoms with E-state index in [0.717, 1.165) is 24.1 Å². The molecule has 1 N–H and O–H groups in total. The molecule has 0 spiro atoms. The van der Waals surface area contributed by atoms with E-state index < -0.39 is 0 Å². The maximum atomic E-state index is 12.1. The molecule has 1 amide bonds. The Bertz CT molecular complexity index is 483. The topological polar surface area (TPSA) is 40.5 Å². The highest BCUT2D eigenvalue weighted by molar-refractivity contribution is 5.94. The molecule has 0 heterocycles. The van der Waals surface area contributed by atoms with Crippen LogP contribution in [0, 0.1) is 18.8 Å². The quantitative estimate of drug-likeness (QED) is 0.825. The van der Waals surface area contributed by atoms with Gasteiger partial charge in [-0.05, 0) is 37.1 Å². The van der Waals surface area contributed by atoms with Gasteiger partial charge in [0.2, 0.25) is 0 Å². The summed E-state index contributed by atoms with van der Waals surface area (Å²) in [6.45, 7) is 4.56. The van der Waals surface area contributed by atoms with Crippen LogP contribution in [0.5, 0.6) is 0 Å². The molecule has 0 aliphatic rings. The Kier molecular flexibility index (Phi) is 5.41. The van der Waals surface area contributed by atoms with Gasteiger partial charge < -0.3 is 10.0 Å². The van der Waals surface area contributed by atoms with Crippen molar-refractivity contribution in [3.05, 3.63) is 34.9 Å². The molecule has 0 radical (unpaired) electrons. The third-order valence-electron chi connectivity index (χ3n) is 2.68. The van der Waals surface area contributed by atoms with Gasteiger partial charge in [-0.1, -0.05) is 18.8 Å². The lowest BCUT2D eigenvalue weighted by molar-refractivity contribution is 0.0795. The molecular formula is C15H19NO2. The van der Waals surface area contributed by atoms with Crippen molar-refractivity contribution in [3.8, 4) is 11.8 Å². The highest BCUT2D eigenvalue weighted by Gasteiger charge is 2.11. The van der Waals surface area contributed by atoms with E-state index in [1.54, 1.807) is 18.0 Å². The van der Waals surface area contributed by atoms with E-state index in [9.17, 15) is 4.79 Å². The van der Waals surface area contributed by atoms with Crippen LogP contribution in [0.3, 0.4) is 0 Å². The molecule has 0 unspecified atom stereocenters. The minimum Gasteiger partial charge on any atom is -0.384 e. The molecule has 0 fully saturated rings. The van der Waals surface area contributed by atoms with E-state index >= 15 is 0 Å². The number of nitrogens with zero attached hydrogens (tertiary/aromatic N) is 1. The highest BCUT2D eigenvalue weighted by atomic mass is 16.2. The summed E-state index contributed by atoms with van der Waals surface area (Å²) in [5.74, 6) is 5.49. The van der Waals surface area contributed by atoms with Gasteiger partial charge >= 0.3 is 0 Å². The second-order valence-corrected chi connectivity index (χ2v) is 4.22. The van der Waals surface area contributed by atoms with Crippen molar-refractivity contribution < 1.29 is 9.90 Å². The van der Waals surface area contributed by atoms with E-state index in [1.807, 2.05) is 26.0 Å². The SMILES string of the molecule is CCCN(C)C(=O)c1ccc(C#CCO)c(C)c1. The highest BCUT2D eigenvalue weighted by Crippen LogP contribution is 2.12.